The summed E-state index contributed by atoms with van der Waals surface area (Å²) < 4.78 is 4.88. The van der Waals surface area contributed by atoms with Gasteiger partial charge in [0.05, 0.1) is 6.61 Å². The Balaban J connectivity index is 1.73. The number of hydrogen-bond acceptors (Lipinski definition) is 4. The third kappa shape index (κ3) is 4.62. The molecule has 0 saturated carbocycles. The summed E-state index contributed by atoms with van der Waals surface area (Å²) >= 11 is 0. The molecule has 4 heteroatoms. The van der Waals surface area contributed by atoms with Crippen molar-refractivity contribution in [1.82, 2.24) is 10.2 Å². The summed E-state index contributed by atoms with van der Waals surface area (Å²) in [5, 5.41) is 3.62. The van der Waals surface area contributed by atoms with Gasteiger partial charge in [0, 0.05) is 25.2 Å². The second-order valence-corrected chi connectivity index (χ2v) is 5.52. The molecule has 2 fully saturated rings. The number of piperidine rings is 1. The molecule has 0 bridgehead atoms. The molecule has 2 rings (SSSR count). The molecule has 2 atom stereocenters. The van der Waals surface area contributed by atoms with Crippen molar-refractivity contribution in [3.05, 3.63) is 12.2 Å². The zero-order valence-electron chi connectivity index (χ0n) is 11.9. The molecule has 0 radical (unpaired) electrons. The average Bonchev–Trinajstić information content (AvgIpc) is 2.93. The first-order chi connectivity index (χ1) is 9.29. The monoisotopic (exact) mass is 266 g/mol. The van der Waals surface area contributed by atoms with E-state index >= 15 is 0 Å². The van der Waals surface area contributed by atoms with E-state index in [1.807, 2.05) is 13.0 Å². The fraction of sp³-hybridized carbons (Fsp3) is 0.800. The summed E-state index contributed by atoms with van der Waals surface area (Å²) in [5.41, 5.74) is 0. The van der Waals surface area contributed by atoms with Gasteiger partial charge in [-0.15, -0.1) is 0 Å². The Labute approximate surface area is 116 Å². The van der Waals surface area contributed by atoms with Crippen LogP contribution < -0.4 is 5.32 Å². The Kier molecular flexibility index (Phi) is 5.86. The number of esters is 1. The van der Waals surface area contributed by atoms with Crippen molar-refractivity contribution in [2.24, 2.45) is 5.92 Å². The number of carbonyl (C=O) groups is 1. The Bertz CT molecular complexity index is 311. The highest BCUT2D eigenvalue weighted by molar-refractivity contribution is 5.81. The SMILES string of the molecule is CCOC(=O)/C=C/CN1CCCC(C2CCCN2)C1. The Morgan fingerprint density at radius 2 is 2.32 bits per heavy atom. The molecule has 2 heterocycles. The summed E-state index contributed by atoms with van der Waals surface area (Å²) in [6.07, 6.45) is 8.76. The van der Waals surface area contributed by atoms with E-state index in [2.05, 4.69) is 10.2 Å². The molecule has 4 nitrogen and oxygen atoms in total. The van der Waals surface area contributed by atoms with Crippen LogP contribution in [-0.2, 0) is 9.53 Å². The number of hydrogen-bond donors (Lipinski definition) is 1. The van der Waals surface area contributed by atoms with Crippen LogP contribution in [0.1, 0.15) is 32.6 Å². The van der Waals surface area contributed by atoms with E-state index in [1.54, 1.807) is 6.08 Å². The van der Waals surface area contributed by atoms with Crippen molar-refractivity contribution in [2.75, 3.05) is 32.8 Å². The third-order valence-electron chi connectivity index (χ3n) is 4.11. The van der Waals surface area contributed by atoms with Crippen molar-refractivity contribution in [2.45, 2.75) is 38.6 Å². The predicted molar refractivity (Wildman–Crippen MR) is 76.0 cm³/mol. The molecule has 2 aliphatic heterocycles. The lowest BCUT2D eigenvalue weighted by Crippen LogP contribution is -2.43. The van der Waals surface area contributed by atoms with Crippen LogP contribution in [0, 0.1) is 5.92 Å². The predicted octanol–water partition coefficient (Wildman–Crippen LogP) is 1.57. The third-order valence-corrected chi connectivity index (χ3v) is 4.11. The maximum atomic E-state index is 11.2. The number of rotatable bonds is 5. The van der Waals surface area contributed by atoms with Crippen LogP contribution in [-0.4, -0.2) is 49.7 Å². The molecule has 2 saturated heterocycles. The highest BCUT2D eigenvalue weighted by Crippen LogP contribution is 2.24. The second-order valence-electron chi connectivity index (χ2n) is 5.52. The molecular formula is C15H26N2O2. The van der Waals surface area contributed by atoms with Crippen LogP contribution in [0.3, 0.4) is 0 Å². The summed E-state index contributed by atoms with van der Waals surface area (Å²) in [4.78, 5) is 13.7. The normalized spacial score (nSPS) is 28.9. The Hall–Kier alpha value is -0.870. The standard InChI is InChI=1S/C15H26N2O2/c1-2-19-15(18)8-5-11-17-10-4-6-13(12-17)14-7-3-9-16-14/h5,8,13-14,16H,2-4,6-7,9-12H2,1H3/b8-5+. The van der Waals surface area contributed by atoms with Crippen LogP contribution in [0.4, 0.5) is 0 Å². The number of nitrogens with one attached hydrogen (secondary N) is 1. The van der Waals surface area contributed by atoms with Crippen LogP contribution in [0.15, 0.2) is 12.2 Å². The van der Waals surface area contributed by atoms with Gasteiger partial charge in [0.1, 0.15) is 0 Å². The van der Waals surface area contributed by atoms with Crippen molar-refractivity contribution in [1.29, 1.82) is 0 Å². The lowest BCUT2D eigenvalue weighted by Gasteiger charge is -2.35. The fourth-order valence-electron chi connectivity index (χ4n) is 3.19. The topological polar surface area (TPSA) is 41.6 Å². The molecule has 0 aromatic heterocycles. The van der Waals surface area contributed by atoms with Gasteiger partial charge < -0.3 is 10.1 Å². The molecule has 108 valence electrons. The summed E-state index contributed by atoms with van der Waals surface area (Å²) in [5.74, 6) is 0.556. The van der Waals surface area contributed by atoms with E-state index < -0.39 is 0 Å². The van der Waals surface area contributed by atoms with Gasteiger partial charge in [0.2, 0.25) is 0 Å². The van der Waals surface area contributed by atoms with E-state index in [0.29, 0.717) is 6.61 Å². The van der Waals surface area contributed by atoms with E-state index in [1.165, 1.54) is 32.2 Å². The number of likely N-dealkylation sites (tertiary alicyclic amines) is 1. The maximum Gasteiger partial charge on any atom is 0.330 e. The summed E-state index contributed by atoms with van der Waals surface area (Å²) in [7, 11) is 0. The van der Waals surface area contributed by atoms with Gasteiger partial charge in [-0.25, -0.2) is 4.79 Å². The number of carbonyl (C=O) groups excluding carboxylic acids is 1. The summed E-state index contributed by atoms with van der Waals surface area (Å²) in [6, 6.07) is 0.719. The zero-order valence-corrected chi connectivity index (χ0v) is 11.9. The van der Waals surface area contributed by atoms with Gasteiger partial charge in [-0.2, -0.15) is 0 Å². The van der Waals surface area contributed by atoms with Gasteiger partial charge in [-0.3, -0.25) is 4.90 Å². The molecule has 0 aromatic carbocycles. The first kappa shape index (κ1) is 14.5. The van der Waals surface area contributed by atoms with Crippen LogP contribution in [0.5, 0.6) is 0 Å². The van der Waals surface area contributed by atoms with E-state index in [0.717, 1.165) is 31.6 Å². The van der Waals surface area contributed by atoms with Gasteiger partial charge in [-0.1, -0.05) is 6.08 Å². The van der Waals surface area contributed by atoms with E-state index in [9.17, 15) is 4.79 Å². The molecule has 0 aromatic rings. The zero-order chi connectivity index (χ0) is 13.5. The smallest absolute Gasteiger partial charge is 0.330 e. The van der Waals surface area contributed by atoms with Crippen LogP contribution >= 0.6 is 0 Å². The van der Waals surface area contributed by atoms with Gasteiger partial charge in [-0.05, 0) is 51.6 Å². The first-order valence-corrected chi connectivity index (χ1v) is 7.58. The number of nitrogens with zero attached hydrogens (tertiary/aromatic N) is 1. The lowest BCUT2D eigenvalue weighted by molar-refractivity contribution is -0.137. The highest BCUT2D eigenvalue weighted by Gasteiger charge is 2.28. The molecule has 2 aliphatic rings. The highest BCUT2D eigenvalue weighted by atomic mass is 16.5. The first-order valence-electron chi connectivity index (χ1n) is 7.58. The Morgan fingerprint density at radius 1 is 1.42 bits per heavy atom. The largest absolute Gasteiger partial charge is 0.463 e. The molecule has 0 amide bonds. The minimum absolute atomic E-state index is 0.228. The van der Waals surface area contributed by atoms with Crippen molar-refractivity contribution < 1.29 is 9.53 Å². The second kappa shape index (κ2) is 7.65. The molecular weight excluding hydrogens is 240 g/mol. The van der Waals surface area contributed by atoms with Crippen LogP contribution in [0.25, 0.3) is 0 Å². The minimum atomic E-state index is -0.228. The van der Waals surface area contributed by atoms with E-state index in [-0.39, 0.29) is 5.97 Å². The average molecular weight is 266 g/mol. The van der Waals surface area contributed by atoms with Crippen molar-refractivity contribution in [3.63, 3.8) is 0 Å². The maximum absolute atomic E-state index is 11.2. The quantitative estimate of drug-likeness (QED) is 0.606. The molecule has 0 spiro atoms. The lowest BCUT2D eigenvalue weighted by atomic mass is 9.90. The van der Waals surface area contributed by atoms with Crippen molar-refractivity contribution in [3.8, 4) is 0 Å². The molecule has 0 aliphatic carbocycles. The molecule has 1 N–H and O–H groups in total. The van der Waals surface area contributed by atoms with Crippen LogP contribution in [0.2, 0.25) is 0 Å². The van der Waals surface area contributed by atoms with Crippen molar-refractivity contribution >= 4 is 5.97 Å². The molecule has 2 unspecified atom stereocenters. The van der Waals surface area contributed by atoms with Gasteiger partial charge >= 0.3 is 5.97 Å². The minimum Gasteiger partial charge on any atom is -0.463 e. The number of ether oxygens (including phenoxy) is 1. The fourth-order valence-corrected chi connectivity index (χ4v) is 3.19. The summed E-state index contributed by atoms with van der Waals surface area (Å²) in [6.45, 7) is 6.63. The van der Waals surface area contributed by atoms with Gasteiger partial charge in [0.25, 0.3) is 0 Å². The molecule has 19 heavy (non-hydrogen) atoms. The Morgan fingerprint density at radius 3 is 3.05 bits per heavy atom. The van der Waals surface area contributed by atoms with E-state index in [4.69, 9.17) is 4.74 Å². The van der Waals surface area contributed by atoms with Gasteiger partial charge in [0.15, 0.2) is 0 Å².